The van der Waals surface area contributed by atoms with E-state index in [1.807, 2.05) is 0 Å². The van der Waals surface area contributed by atoms with Crippen LogP contribution in [0.4, 0.5) is 0 Å². The summed E-state index contributed by atoms with van der Waals surface area (Å²) in [6.45, 7) is 13.5. The minimum absolute atomic E-state index is 1.12. The molecule has 0 heterocycles. The van der Waals surface area contributed by atoms with Gasteiger partial charge in [-0.2, -0.15) is 0 Å². The van der Waals surface area contributed by atoms with Gasteiger partial charge in [-0.15, -0.1) is 0 Å². The van der Waals surface area contributed by atoms with E-state index in [0.29, 0.717) is 0 Å². The van der Waals surface area contributed by atoms with Gasteiger partial charge < -0.3 is 0 Å². The molecular weight excluding hydrogens is 429 g/mol. The smallest absolute Gasteiger partial charge is 0.0652 e. The van der Waals surface area contributed by atoms with Gasteiger partial charge in [-0.05, 0) is 38.5 Å². The van der Waals surface area contributed by atoms with E-state index < -0.39 is 23.2 Å². The Kier molecular flexibility index (Phi) is 19.9. The van der Waals surface area contributed by atoms with Crippen LogP contribution in [0.25, 0.3) is 0 Å². The summed E-state index contributed by atoms with van der Waals surface area (Å²) in [6, 6.07) is 0. The van der Waals surface area contributed by atoms with E-state index in [1.54, 1.807) is 0 Å². The van der Waals surface area contributed by atoms with Gasteiger partial charge in [0, 0.05) is 13.2 Å². The van der Waals surface area contributed by atoms with Gasteiger partial charge in [-0.1, -0.05) is 80.1 Å². The third-order valence-electron chi connectivity index (χ3n) is 5.99. The summed E-state index contributed by atoms with van der Waals surface area (Å²) in [5, 5.41) is 0. The van der Waals surface area contributed by atoms with Gasteiger partial charge in [-0.3, -0.25) is 0 Å². The highest BCUT2D eigenvalue weighted by atomic mass is 31.3. The van der Waals surface area contributed by atoms with Gasteiger partial charge in [0.2, 0.25) is 15.0 Å². The molecule has 0 saturated carbocycles. The highest BCUT2D eigenvalue weighted by molar-refractivity contribution is 7.79. The minimum atomic E-state index is -2.01. The summed E-state index contributed by atoms with van der Waals surface area (Å²) in [5.74, 6) is 0. The third kappa shape index (κ3) is 13.4. The molecule has 0 N–H and O–H groups in total. The summed E-state index contributed by atoms with van der Waals surface area (Å²) >= 11 is 0. The van der Waals surface area contributed by atoms with Gasteiger partial charge in [0.25, 0.3) is 0 Å². The maximum Gasteiger partial charge on any atom is 0.770 e. The van der Waals surface area contributed by atoms with Crippen LogP contribution in [-0.4, -0.2) is 37.0 Å². The largest absolute Gasteiger partial charge is 0.770 e. The van der Waals surface area contributed by atoms with E-state index in [9.17, 15) is 4.57 Å². The standard InChI is InChI=1S/C24H54O3P3/c1-7-13-19-29(20-14-8-2,21-15-9-3)26-28(25)27-30(22-16-10-4,23-17-11-5)24-18-12-6/h7-24H2,1-6H3/q+3. The number of unbranched alkanes of at least 4 members (excludes halogenated alkanes) is 6. The Morgan fingerprint density at radius 2 is 0.667 bits per heavy atom. The Bertz CT molecular complexity index is 339. The highest BCUT2D eigenvalue weighted by Crippen LogP contribution is 2.73. The highest BCUT2D eigenvalue weighted by Gasteiger charge is 2.55. The number of hydrogen-bond acceptors (Lipinski definition) is 3. The molecule has 0 atom stereocenters. The van der Waals surface area contributed by atoms with E-state index in [1.165, 1.54) is 77.0 Å². The van der Waals surface area contributed by atoms with Gasteiger partial charge in [0.1, 0.15) is 0 Å². The molecule has 0 fully saturated rings. The van der Waals surface area contributed by atoms with E-state index in [4.69, 9.17) is 8.62 Å². The lowest BCUT2D eigenvalue weighted by Crippen LogP contribution is -2.12. The van der Waals surface area contributed by atoms with Gasteiger partial charge in [0.15, 0.2) is 0 Å². The number of rotatable bonds is 22. The summed E-state index contributed by atoms with van der Waals surface area (Å²) in [4.78, 5) is 0. The molecule has 0 aliphatic carbocycles. The maximum atomic E-state index is 13.4. The number of hydrogen-bond donors (Lipinski definition) is 0. The van der Waals surface area contributed by atoms with Crippen molar-refractivity contribution in [2.45, 2.75) is 119 Å². The van der Waals surface area contributed by atoms with E-state index in [2.05, 4.69) is 41.5 Å². The van der Waals surface area contributed by atoms with Crippen molar-refractivity contribution in [3.05, 3.63) is 0 Å². The Morgan fingerprint density at radius 1 is 0.467 bits per heavy atom. The van der Waals surface area contributed by atoms with Crippen LogP contribution in [0.1, 0.15) is 119 Å². The molecule has 0 aromatic heterocycles. The molecular formula is C24H54O3P3+3. The van der Waals surface area contributed by atoms with Crippen LogP contribution in [0.15, 0.2) is 0 Å². The Labute approximate surface area is 192 Å². The predicted molar refractivity (Wildman–Crippen MR) is 142 cm³/mol. The Balaban J connectivity index is 5.50. The molecule has 0 aromatic rings. The van der Waals surface area contributed by atoms with Crippen LogP contribution in [0.5, 0.6) is 0 Å². The second kappa shape index (κ2) is 19.4. The second-order valence-electron chi connectivity index (χ2n) is 8.97. The van der Waals surface area contributed by atoms with Crippen molar-refractivity contribution in [1.82, 2.24) is 0 Å². The van der Waals surface area contributed by atoms with Crippen molar-refractivity contribution in [3.63, 3.8) is 0 Å². The quantitative estimate of drug-likeness (QED) is 0.144. The molecule has 0 rings (SSSR count). The minimum Gasteiger partial charge on any atom is -0.0652 e. The van der Waals surface area contributed by atoms with Gasteiger partial charge in [0.05, 0.1) is 37.0 Å². The predicted octanol–water partition coefficient (Wildman–Crippen LogP) is 10.3. The normalized spacial score (nSPS) is 12.5. The molecule has 6 heteroatoms. The Hall–Kier alpha value is 0.880. The summed E-state index contributed by atoms with van der Waals surface area (Å²) < 4.78 is 26.5. The molecule has 180 valence electrons. The molecule has 3 nitrogen and oxygen atoms in total. The zero-order chi connectivity index (χ0) is 22.7. The van der Waals surface area contributed by atoms with Crippen LogP contribution in [0.2, 0.25) is 0 Å². The molecule has 0 saturated heterocycles. The fourth-order valence-electron chi connectivity index (χ4n) is 3.89. The van der Waals surface area contributed by atoms with Gasteiger partial charge in [-0.25, -0.2) is 0 Å². The van der Waals surface area contributed by atoms with Crippen molar-refractivity contribution < 1.29 is 13.2 Å². The first-order chi connectivity index (χ1) is 14.5. The first kappa shape index (κ1) is 30.9. The van der Waals surface area contributed by atoms with Crippen molar-refractivity contribution in [2.24, 2.45) is 0 Å². The van der Waals surface area contributed by atoms with E-state index in [0.717, 1.165) is 37.0 Å². The van der Waals surface area contributed by atoms with Crippen LogP contribution in [0, 0.1) is 0 Å². The molecule has 0 bridgehead atoms. The second-order valence-corrected chi connectivity index (χ2v) is 17.6. The zero-order valence-corrected chi connectivity index (χ0v) is 24.0. The Morgan fingerprint density at radius 3 is 0.833 bits per heavy atom. The lowest BCUT2D eigenvalue weighted by Gasteiger charge is -2.22. The zero-order valence-electron chi connectivity index (χ0n) is 21.3. The average molecular weight is 484 g/mol. The monoisotopic (exact) mass is 483 g/mol. The molecule has 0 radical (unpaired) electrons. The molecule has 0 aliphatic rings. The summed E-state index contributed by atoms with van der Waals surface area (Å²) in [7, 11) is -5.32. The van der Waals surface area contributed by atoms with Gasteiger partial charge >= 0.3 is 8.25 Å². The lowest BCUT2D eigenvalue weighted by molar-refractivity contribution is 0.432. The van der Waals surface area contributed by atoms with Crippen molar-refractivity contribution in [2.75, 3.05) is 37.0 Å². The van der Waals surface area contributed by atoms with Crippen LogP contribution >= 0.6 is 23.2 Å². The van der Waals surface area contributed by atoms with Crippen molar-refractivity contribution in [3.8, 4) is 0 Å². The summed E-state index contributed by atoms with van der Waals surface area (Å²) in [6.07, 6.45) is 21.0. The molecule has 0 amide bonds. The SMILES string of the molecule is CCCC[P+](CCCC)(CCCC)O[P+](=O)O[P+](CCCC)(CCCC)CCCC. The first-order valence-corrected chi connectivity index (χ1v) is 18.7. The van der Waals surface area contributed by atoms with Crippen molar-refractivity contribution in [1.29, 1.82) is 0 Å². The van der Waals surface area contributed by atoms with Crippen molar-refractivity contribution >= 4 is 23.2 Å². The molecule has 30 heavy (non-hydrogen) atoms. The fraction of sp³-hybridized carbons (Fsp3) is 1.00. The molecule has 0 spiro atoms. The summed E-state index contributed by atoms with van der Waals surface area (Å²) in [5.41, 5.74) is 0. The fourth-order valence-corrected chi connectivity index (χ4v) is 15.2. The topological polar surface area (TPSA) is 35.5 Å². The molecule has 0 aromatic carbocycles. The lowest BCUT2D eigenvalue weighted by atomic mass is 10.4. The van der Waals surface area contributed by atoms with Crippen LogP contribution in [-0.2, 0) is 13.2 Å². The maximum absolute atomic E-state index is 13.4. The third-order valence-corrected chi connectivity index (χ3v) is 16.6. The molecule has 0 unspecified atom stereocenters. The molecule has 0 aliphatic heterocycles. The average Bonchev–Trinajstić information content (AvgIpc) is 2.75. The van der Waals surface area contributed by atoms with E-state index in [-0.39, 0.29) is 0 Å². The van der Waals surface area contributed by atoms with Crippen LogP contribution < -0.4 is 0 Å². The van der Waals surface area contributed by atoms with Crippen LogP contribution in [0.3, 0.4) is 0 Å². The van der Waals surface area contributed by atoms with E-state index >= 15 is 0 Å². The first-order valence-electron chi connectivity index (χ1n) is 13.1.